The number of benzene rings is 1. The van der Waals surface area contributed by atoms with Crippen molar-refractivity contribution in [3.63, 3.8) is 0 Å². The number of hydrogen-bond donors (Lipinski definition) is 2. The topological polar surface area (TPSA) is 67.8 Å². The maximum atomic E-state index is 11.2. The van der Waals surface area contributed by atoms with Crippen LogP contribution < -0.4 is 10.1 Å². The third kappa shape index (κ3) is 4.44. The molecule has 0 saturated carbocycles. The number of methoxy groups -OCH3 is 2. The summed E-state index contributed by atoms with van der Waals surface area (Å²) in [7, 11) is 4.77. The van der Waals surface area contributed by atoms with E-state index in [1.807, 2.05) is 26.0 Å². The van der Waals surface area contributed by atoms with Crippen molar-refractivity contribution in [3.8, 4) is 5.75 Å². The van der Waals surface area contributed by atoms with E-state index in [4.69, 9.17) is 4.74 Å². The van der Waals surface area contributed by atoms with E-state index in [1.54, 1.807) is 14.2 Å². The maximum absolute atomic E-state index is 11.2. The average molecular weight is 295 g/mol. The van der Waals surface area contributed by atoms with Gasteiger partial charge in [0.25, 0.3) is 0 Å². The minimum Gasteiger partial charge on any atom is -0.496 e. The van der Waals surface area contributed by atoms with Crippen molar-refractivity contribution in [3.05, 3.63) is 28.8 Å². The number of aliphatic hydroxyl groups is 1. The summed E-state index contributed by atoms with van der Waals surface area (Å²) >= 11 is 0. The second kappa shape index (κ2) is 8.00. The molecule has 0 fully saturated rings. The molecule has 2 atom stereocenters. The molecule has 21 heavy (non-hydrogen) atoms. The molecule has 0 amide bonds. The lowest BCUT2D eigenvalue weighted by atomic mass is 9.93. The Morgan fingerprint density at radius 3 is 2.48 bits per heavy atom. The van der Waals surface area contributed by atoms with Crippen molar-refractivity contribution in [1.82, 2.24) is 5.32 Å². The van der Waals surface area contributed by atoms with Gasteiger partial charge in [-0.1, -0.05) is 0 Å². The first-order valence-electron chi connectivity index (χ1n) is 7.01. The molecule has 0 aliphatic heterocycles. The molecule has 0 spiro atoms. The molecule has 0 radical (unpaired) electrons. The van der Waals surface area contributed by atoms with E-state index in [2.05, 4.69) is 10.1 Å². The molecule has 1 aromatic rings. The number of aliphatic hydroxyl groups excluding tert-OH is 1. The van der Waals surface area contributed by atoms with Gasteiger partial charge in [0, 0.05) is 12.5 Å². The van der Waals surface area contributed by atoms with E-state index in [0.29, 0.717) is 6.42 Å². The minimum absolute atomic E-state index is 0.212. The van der Waals surface area contributed by atoms with Gasteiger partial charge in [-0.3, -0.25) is 4.79 Å². The minimum atomic E-state index is -0.690. The van der Waals surface area contributed by atoms with Gasteiger partial charge in [-0.25, -0.2) is 0 Å². The van der Waals surface area contributed by atoms with Crippen LogP contribution in [-0.2, 0) is 9.53 Å². The van der Waals surface area contributed by atoms with Crippen molar-refractivity contribution in [2.45, 2.75) is 38.8 Å². The highest BCUT2D eigenvalue weighted by molar-refractivity contribution is 5.69. The van der Waals surface area contributed by atoms with Crippen molar-refractivity contribution >= 4 is 5.97 Å². The Bertz CT molecular complexity index is 487. The average Bonchev–Trinajstić information content (AvgIpc) is 2.48. The van der Waals surface area contributed by atoms with E-state index >= 15 is 0 Å². The van der Waals surface area contributed by atoms with Crippen LogP contribution in [0, 0.1) is 13.8 Å². The third-order valence-corrected chi connectivity index (χ3v) is 3.74. The van der Waals surface area contributed by atoms with Gasteiger partial charge in [-0.15, -0.1) is 0 Å². The summed E-state index contributed by atoms with van der Waals surface area (Å²) in [5.41, 5.74) is 2.78. The number of esters is 1. The molecule has 0 aromatic heterocycles. The third-order valence-electron chi connectivity index (χ3n) is 3.74. The number of hydrogen-bond acceptors (Lipinski definition) is 5. The smallest absolute Gasteiger partial charge is 0.305 e. The van der Waals surface area contributed by atoms with Gasteiger partial charge in [0.15, 0.2) is 0 Å². The number of ether oxygens (including phenoxy) is 2. The lowest BCUT2D eigenvalue weighted by molar-refractivity contribution is -0.140. The van der Waals surface area contributed by atoms with Gasteiger partial charge >= 0.3 is 5.97 Å². The molecule has 0 aliphatic carbocycles. The molecule has 5 heteroatoms. The monoisotopic (exact) mass is 295 g/mol. The quantitative estimate of drug-likeness (QED) is 0.752. The summed E-state index contributed by atoms with van der Waals surface area (Å²) in [6.45, 7) is 3.88. The zero-order valence-electron chi connectivity index (χ0n) is 13.4. The molecule has 0 aliphatic rings. The summed E-state index contributed by atoms with van der Waals surface area (Å²) in [5.74, 6) is 0.532. The second-order valence-corrected chi connectivity index (χ2v) is 5.13. The number of nitrogens with one attached hydrogen (secondary N) is 1. The Balaban J connectivity index is 2.91. The van der Waals surface area contributed by atoms with E-state index in [9.17, 15) is 9.90 Å². The van der Waals surface area contributed by atoms with Crippen LogP contribution in [-0.4, -0.2) is 38.4 Å². The first kappa shape index (κ1) is 17.5. The summed E-state index contributed by atoms with van der Waals surface area (Å²) in [5, 5.41) is 13.6. The second-order valence-electron chi connectivity index (χ2n) is 5.13. The fourth-order valence-electron chi connectivity index (χ4n) is 2.40. The molecule has 2 unspecified atom stereocenters. The first-order valence-corrected chi connectivity index (χ1v) is 7.01. The summed E-state index contributed by atoms with van der Waals surface area (Å²) < 4.78 is 9.92. The van der Waals surface area contributed by atoms with Crippen LogP contribution in [0.2, 0.25) is 0 Å². The molecule has 1 rings (SSSR count). The van der Waals surface area contributed by atoms with Crippen LogP contribution in [0.25, 0.3) is 0 Å². The Morgan fingerprint density at radius 1 is 1.29 bits per heavy atom. The summed E-state index contributed by atoms with van der Waals surface area (Å²) in [6, 6.07) is 3.64. The van der Waals surface area contributed by atoms with Gasteiger partial charge in [0.2, 0.25) is 0 Å². The van der Waals surface area contributed by atoms with Crippen molar-refractivity contribution in [2.75, 3.05) is 21.3 Å². The molecule has 2 N–H and O–H groups in total. The van der Waals surface area contributed by atoms with Crippen molar-refractivity contribution in [2.24, 2.45) is 0 Å². The highest BCUT2D eigenvalue weighted by Gasteiger charge is 2.22. The van der Waals surface area contributed by atoms with E-state index in [0.717, 1.165) is 22.4 Å². The highest BCUT2D eigenvalue weighted by atomic mass is 16.5. The molecule has 1 aromatic carbocycles. The molecule has 118 valence electrons. The molecular formula is C16H25NO4. The fraction of sp³-hybridized carbons (Fsp3) is 0.562. The normalized spacial score (nSPS) is 13.6. The number of rotatable bonds is 7. The van der Waals surface area contributed by atoms with Crippen molar-refractivity contribution in [1.29, 1.82) is 0 Å². The fourth-order valence-corrected chi connectivity index (χ4v) is 2.40. The van der Waals surface area contributed by atoms with Gasteiger partial charge in [0.05, 0.1) is 20.3 Å². The summed E-state index contributed by atoms with van der Waals surface area (Å²) in [4.78, 5) is 11.2. The number of carbonyl (C=O) groups excluding carboxylic acids is 1. The SMILES string of the molecule is CNC(CCC(=O)OC)C(O)c1cc(C)c(OC)cc1C. The Hall–Kier alpha value is -1.59. The zero-order chi connectivity index (χ0) is 16.0. The van der Waals surface area contributed by atoms with Gasteiger partial charge < -0.3 is 19.9 Å². The number of carbonyl (C=O) groups is 1. The van der Waals surface area contributed by atoms with Crippen LogP contribution in [0.15, 0.2) is 12.1 Å². The van der Waals surface area contributed by atoms with Crippen LogP contribution in [0.1, 0.15) is 35.6 Å². The molecule has 5 nitrogen and oxygen atoms in total. The van der Waals surface area contributed by atoms with E-state index < -0.39 is 6.10 Å². The molecule has 0 saturated heterocycles. The van der Waals surface area contributed by atoms with Gasteiger partial charge in [0.1, 0.15) is 5.75 Å². The van der Waals surface area contributed by atoms with Crippen LogP contribution >= 0.6 is 0 Å². The Kier molecular flexibility index (Phi) is 6.65. The first-order chi connectivity index (χ1) is 9.94. The van der Waals surface area contributed by atoms with Crippen molar-refractivity contribution < 1.29 is 19.4 Å². The maximum Gasteiger partial charge on any atom is 0.305 e. The molecule has 0 heterocycles. The lowest BCUT2D eigenvalue weighted by Gasteiger charge is -2.24. The Morgan fingerprint density at radius 2 is 1.95 bits per heavy atom. The van der Waals surface area contributed by atoms with E-state index in [1.165, 1.54) is 7.11 Å². The van der Waals surface area contributed by atoms with Crippen LogP contribution in [0.3, 0.4) is 0 Å². The van der Waals surface area contributed by atoms with E-state index in [-0.39, 0.29) is 18.4 Å². The molecule has 0 bridgehead atoms. The zero-order valence-corrected chi connectivity index (χ0v) is 13.4. The standard InChI is InChI=1S/C16H25NO4/c1-10-9-14(20-4)11(2)8-12(10)16(19)13(17-3)6-7-15(18)21-5/h8-9,13,16-17,19H,6-7H2,1-5H3. The van der Waals surface area contributed by atoms with Crippen LogP contribution in [0.4, 0.5) is 0 Å². The highest BCUT2D eigenvalue weighted by Crippen LogP contribution is 2.29. The Labute approximate surface area is 126 Å². The predicted molar refractivity (Wildman–Crippen MR) is 81.5 cm³/mol. The predicted octanol–water partition coefficient (Wildman–Crippen LogP) is 1.89. The lowest BCUT2D eigenvalue weighted by Crippen LogP contribution is -2.33. The number of aryl methyl sites for hydroxylation is 2. The largest absolute Gasteiger partial charge is 0.496 e. The summed E-state index contributed by atoms with van der Waals surface area (Å²) in [6.07, 6.45) is 0.0894. The number of likely N-dealkylation sites (N-methyl/N-ethyl adjacent to an activating group) is 1. The van der Waals surface area contributed by atoms with Gasteiger partial charge in [-0.05, 0) is 56.1 Å². The van der Waals surface area contributed by atoms with Crippen LogP contribution in [0.5, 0.6) is 5.75 Å². The molecular weight excluding hydrogens is 270 g/mol. The van der Waals surface area contributed by atoms with Gasteiger partial charge in [-0.2, -0.15) is 0 Å².